The average molecular weight is 360 g/mol. The quantitative estimate of drug-likeness (QED) is 0.912. The van der Waals surface area contributed by atoms with Crippen LogP contribution in [0.4, 0.5) is 0 Å². The van der Waals surface area contributed by atoms with Crippen LogP contribution in [0.25, 0.3) is 0 Å². The van der Waals surface area contributed by atoms with Crippen LogP contribution in [-0.2, 0) is 17.8 Å². The summed E-state index contributed by atoms with van der Waals surface area (Å²) in [5, 5.41) is 9.76. The molecule has 0 atom stereocenters. The van der Waals surface area contributed by atoms with Gasteiger partial charge in [-0.25, -0.2) is 0 Å². The molecule has 2 aromatic rings. The molecule has 0 radical (unpaired) electrons. The maximum absolute atomic E-state index is 12.6. The van der Waals surface area contributed by atoms with Crippen molar-refractivity contribution in [1.82, 2.24) is 14.8 Å². The maximum Gasteiger partial charge on any atom is 0.227 e. The van der Waals surface area contributed by atoms with Crippen LogP contribution in [0.2, 0.25) is 5.02 Å². The number of amides is 1. The number of rotatable bonds is 4. The summed E-state index contributed by atoms with van der Waals surface area (Å²) in [5.74, 6) is 0.138. The second-order valence-corrected chi connectivity index (χ2v) is 6.70. The van der Waals surface area contributed by atoms with Gasteiger partial charge in [0.05, 0.1) is 17.1 Å². The predicted molar refractivity (Wildman–Crippen MR) is 97.5 cm³/mol. The van der Waals surface area contributed by atoms with E-state index in [-0.39, 0.29) is 16.7 Å². The molecule has 1 N–H and O–H groups in total. The molecule has 6 heteroatoms. The molecule has 0 spiro atoms. The molecular formula is C19H22ClN3O2. The molecule has 1 fully saturated rings. The zero-order chi connectivity index (χ0) is 17.6. The number of aromatic hydroxyl groups is 1. The lowest BCUT2D eigenvalue weighted by Crippen LogP contribution is -2.36. The maximum atomic E-state index is 12.6. The molecular weight excluding hydrogens is 338 g/mol. The second-order valence-electron chi connectivity index (χ2n) is 6.29. The number of carbonyl (C=O) groups is 1. The summed E-state index contributed by atoms with van der Waals surface area (Å²) in [5.41, 5.74) is 1.88. The highest BCUT2D eigenvalue weighted by Gasteiger charge is 2.19. The monoisotopic (exact) mass is 359 g/mol. The molecule has 132 valence electrons. The topological polar surface area (TPSA) is 56.7 Å². The van der Waals surface area contributed by atoms with Gasteiger partial charge in [-0.1, -0.05) is 23.7 Å². The first kappa shape index (κ1) is 17.7. The first-order valence-electron chi connectivity index (χ1n) is 8.49. The average Bonchev–Trinajstić information content (AvgIpc) is 2.85. The zero-order valence-corrected chi connectivity index (χ0v) is 14.8. The first-order valence-corrected chi connectivity index (χ1v) is 8.87. The Balaban J connectivity index is 1.55. The molecule has 25 heavy (non-hydrogen) atoms. The lowest BCUT2D eigenvalue weighted by atomic mass is 10.1. The van der Waals surface area contributed by atoms with Crippen molar-refractivity contribution >= 4 is 17.5 Å². The molecule has 1 saturated heterocycles. The van der Waals surface area contributed by atoms with Crippen molar-refractivity contribution in [1.29, 1.82) is 0 Å². The van der Waals surface area contributed by atoms with Crippen LogP contribution in [0.1, 0.15) is 17.7 Å². The number of nitrogens with zero attached hydrogens (tertiary/aromatic N) is 3. The van der Waals surface area contributed by atoms with Crippen LogP contribution < -0.4 is 0 Å². The van der Waals surface area contributed by atoms with Gasteiger partial charge in [-0.2, -0.15) is 0 Å². The fraction of sp³-hybridized carbons (Fsp3) is 0.368. The first-order chi connectivity index (χ1) is 12.1. The summed E-state index contributed by atoms with van der Waals surface area (Å²) in [6.45, 7) is 4.11. The lowest BCUT2D eigenvalue weighted by Gasteiger charge is -2.22. The normalized spacial score (nSPS) is 15.8. The number of carbonyl (C=O) groups excluding carboxylic acids is 1. The van der Waals surface area contributed by atoms with E-state index < -0.39 is 0 Å². The minimum Gasteiger partial charge on any atom is -0.506 e. The van der Waals surface area contributed by atoms with Crippen molar-refractivity contribution in [3.63, 3.8) is 0 Å². The van der Waals surface area contributed by atoms with Crippen molar-refractivity contribution in [2.75, 3.05) is 26.2 Å². The van der Waals surface area contributed by atoms with E-state index in [1.54, 1.807) is 12.1 Å². The standard InChI is InChI=1S/C19H22ClN3O2/c20-17-12-15(5-6-18(17)24)13-19(25)23-9-3-8-22(10-11-23)14-16-4-1-2-7-21-16/h1-2,4-7,12,24H,3,8-11,13-14H2. The molecule has 1 aliphatic rings. The van der Waals surface area contributed by atoms with E-state index in [0.717, 1.165) is 50.4 Å². The van der Waals surface area contributed by atoms with Crippen molar-refractivity contribution in [3.05, 3.63) is 58.9 Å². The number of pyridine rings is 1. The van der Waals surface area contributed by atoms with Crippen molar-refractivity contribution in [2.24, 2.45) is 0 Å². The predicted octanol–water partition coefficient (Wildman–Crippen LogP) is 2.72. The molecule has 1 amide bonds. The van der Waals surface area contributed by atoms with Gasteiger partial charge in [-0.15, -0.1) is 0 Å². The van der Waals surface area contributed by atoms with Gasteiger partial charge in [-0.05, 0) is 36.2 Å². The summed E-state index contributed by atoms with van der Waals surface area (Å²) in [4.78, 5) is 21.2. The van der Waals surface area contributed by atoms with Gasteiger partial charge >= 0.3 is 0 Å². The van der Waals surface area contributed by atoms with Crippen molar-refractivity contribution in [3.8, 4) is 5.75 Å². The molecule has 0 aliphatic carbocycles. The van der Waals surface area contributed by atoms with Crippen molar-refractivity contribution < 1.29 is 9.90 Å². The highest BCUT2D eigenvalue weighted by Crippen LogP contribution is 2.24. The molecule has 3 rings (SSSR count). The summed E-state index contributed by atoms with van der Waals surface area (Å²) < 4.78 is 0. The molecule has 2 heterocycles. The van der Waals surface area contributed by atoms with E-state index in [9.17, 15) is 9.90 Å². The van der Waals surface area contributed by atoms with Gasteiger partial charge in [0.1, 0.15) is 5.75 Å². The molecule has 5 nitrogen and oxygen atoms in total. The molecule has 0 unspecified atom stereocenters. The zero-order valence-electron chi connectivity index (χ0n) is 14.1. The van der Waals surface area contributed by atoms with Crippen molar-refractivity contribution in [2.45, 2.75) is 19.4 Å². The van der Waals surface area contributed by atoms with E-state index in [2.05, 4.69) is 9.88 Å². The molecule has 0 bridgehead atoms. The number of hydrogen-bond donors (Lipinski definition) is 1. The Morgan fingerprint density at radius 3 is 2.80 bits per heavy atom. The third kappa shape index (κ3) is 4.94. The fourth-order valence-electron chi connectivity index (χ4n) is 3.05. The van der Waals surface area contributed by atoms with Gasteiger partial charge in [-0.3, -0.25) is 14.7 Å². The van der Waals surface area contributed by atoms with Gasteiger partial charge < -0.3 is 10.0 Å². The van der Waals surface area contributed by atoms with E-state index in [1.165, 1.54) is 6.07 Å². The van der Waals surface area contributed by atoms with Gasteiger partial charge in [0.15, 0.2) is 0 Å². The third-order valence-electron chi connectivity index (χ3n) is 4.42. The largest absolute Gasteiger partial charge is 0.506 e. The van der Waals surface area contributed by atoms with Gasteiger partial charge in [0, 0.05) is 38.9 Å². The Labute approximate surface area is 152 Å². The Morgan fingerprint density at radius 1 is 1.16 bits per heavy atom. The summed E-state index contributed by atoms with van der Waals surface area (Å²) >= 11 is 5.92. The van der Waals surface area contributed by atoms with Crippen LogP contribution in [0.15, 0.2) is 42.6 Å². The molecule has 0 saturated carbocycles. The summed E-state index contributed by atoms with van der Waals surface area (Å²) in [6, 6.07) is 10.9. The number of aromatic nitrogens is 1. The Kier molecular flexibility index (Phi) is 5.89. The highest BCUT2D eigenvalue weighted by atomic mass is 35.5. The van der Waals surface area contributed by atoms with Gasteiger partial charge in [0.2, 0.25) is 5.91 Å². The third-order valence-corrected chi connectivity index (χ3v) is 4.72. The molecule has 1 aromatic heterocycles. The van der Waals surface area contributed by atoms with E-state index in [0.29, 0.717) is 6.42 Å². The molecule has 1 aliphatic heterocycles. The minimum absolute atomic E-state index is 0.0396. The number of phenolic OH excluding ortho intramolecular Hbond substituents is 1. The van der Waals surface area contributed by atoms with Crippen LogP contribution in [-0.4, -0.2) is 52.0 Å². The van der Waals surface area contributed by atoms with Crippen LogP contribution in [0, 0.1) is 0 Å². The number of halogens is 1. The lowest BCUT2D eigenvalue weighted by molar-refractivity contribution is -0.130. The Morgan fingerprint density at radius 2 is 2.04 bits per heavy atom. The van der Waals surface area contributed by atoms with Crippen LogP contribution in [0.3, 0.4) is 0 Å². The van der Waals surface area contributed by atoms with E-state index in [1.807, 2.05) is 29.3 Å². The Hall–Kier alpha value is -2.11. The number of hydrogen-bond acceptors (Lipinski definition) is 4. The smallest absolute Gasteiger partial charge is 0.227 e. The Bertz CT molecular complexity index is 724. The molecule has 1 aromatic carbocycles. The summed E-state index contributed by atoms with van der Waals surface area (Å²) in [7, 11) is 0. The number of benzene rings is 1. The van der Waals surface area contributed by atoms with E-state index in [4.69, 9.17) is 11.6 Å². The number of phenols is 1. The van der Waals surface area contributed by atoms with E-state index >= 15 is 0 Å². The minimum atomic E-state index is 0.0396. The van der Waals surface area contributed by atoms with Crippen LogP contribution >= 0.6 is 11.6 Å². The van der Waals surface area contributed by atoms with Gasteiger partial charge in [0.25, 0.3) is 0 Å². The highest BCUT2D eigenvalue weighted by molar-refractivity contribution is 6.32. The fourth-order valence-corrected chi connectivity index (χ4v) is 3.25. The summed E-state index contributed by atoms with van der Waals surface area (Å²) in [6.07, 6.45) is 3.07. The van der Waals surface area contributed by atoms with Crippen LogP contribution in [0.5, 0.6) is 5.75 Å². The second kappa shape index (κ2) is 8.32. The SMILES string of the molecule is O=C(Cc1ccc(O)c(Cl)c1)N1CCCN(Cc2ccccn2)CC1.